The molecule has 0 saturated heterocycles. The van der Waals surface area contributed by atoms with Crippen LogP contribution in [-0.4, -0.2) is 29.6 Å². The summed E-state index contributed by atoms with van der Waals surface area (Å²) >= 11 is 0. The van der Waals surface area contributed by atoms with Gasteiger partial charge in [0.25, 0.3) is 0 Å². The SMILES string of the molecule is CCN(C)C(=O)NCc1ccc(O)cc1. The number of amides is 2. The quantitative estimate of drug-likeness (QED) is 0.792. The van der Waals surface area contributed by atoms with Crippen LogP contribution in [0.15, 0.2) is 24.3 Å². The Kier molecular flexibility index (Phi) is 3.97. The van der Waals surface area contributed by atoms with Crippen molar-refractivity contribution >= 4 is 6.03 Å². The standard InChI is InChI=1S/C11H16N2O2/c1-3-13(2)11(15)12-8-9-4-6-10(14)7-5-9/h4-7,14H,3,8H2,1-2H3,(H,12,15). The second-order valence-corrected chi connectivity index (χ2v) is 3.34. The number of nitrogens with one attached hydrogen (secondary N) is 1. The van der Waals surface area contributed by atoms with Crippen LogP contribution in [0.5, 0.6) is 5.75 Å². The van der Waals surface area contributed by atoms with E-state index in [1.807, 2.05) is 6.92 Å². The third kappa shape index (κ3) is 3.50. The first-order chi connectivity index (χ1) is 7.13. The molecule has 82 valence electrons. The van der Waals surface area contributed by atoms with Crippen LogP contribution in [0, 0.1) is 0 Å². The molecule has 0 aliphatic heterocycles. The van der Waals surface area contributed by atoms with Crippen LogP contribution in [0.4, 0.5) is 4.79 Å². The number of nitrogens with zero attached hydrogens (tertiary/aromatic N) is 1. The molecule has 2 amide bonds. The second kappa shape index (κ2) is 5.24. The maximum absolute atomic E-state index is 11.4. The van der Waals surface area contributed by atoms with Crippen molar-refractivity contribution in [2.75, 3.05) is 13.6 Å². The predicted octanol–water partition coefficient (Wildman–Crippen LogP) is 1.55. The molecule has 0 aromatic heterocycles. The highest BCUT2D eigenvalue weighted by Gasteiger charge is 2.04. The highest BCUT2D eigenvalue weighted by Crippen LogP contribution is 2.09. The molecule has 15 heavy (non-hydrogen) atoms. The molecule has 0 spiro atoms. The first-order valence-electron chi connectivity index (χ1n) is 4.90. The van der Waals surface area contributed by atoms with Crippen molar-refractivity contribution in [1.82, 2.24) is 10.2 Å². The number of aromatic hydroxyl groups is 1. The maximum atomic E-state index is 11.4. The molecule has 0 unspecified atom stereocenters. The number of phenols is 1. The van der Waals surface area contributed by atoms with Crippen molar-refractivity contribution in [2.24, 2.45) is 0 Å². The average Bonchev–Trinajstić information content (AvgIpc) is 2.26. The fourth-order valence-electron chi connectivity index (χ4n) is 1.07. The summed E-state index contributed by atoms with van der Waals surface area (Å²) in [6, 6.07) is 6.67. The summed E-state index contributed by atoms with van der Waals surface area (Å²) in [5, 5.41) is 11.8. The van der Waals surface area contributed by atoms with Crippen molar-refractivity contribution < 1.29 is 9.90 Å². The molecule has 0 atom stereocenters. The van der Waals surface area contributed by atoms with E-state index in [1.165, 1.54) is 0 Å². The Labute approximate surface area is 89.5 Å². The molecule has 0 aliphatic rings. The van der Waals surface area contributed by atoms with E-state index >= 15 is 0 Å². The van der Waals surface area contributed by atoms with Gasteiger partial charge in [0, 0.05) is 20.1 Å². The Morgan fingerprint density at radius 3 is 2.53 bits per heavy atom. The van der Waals surface area contributed by atoms with Gasteiger partial charge < -0.3 is 15.3 Å². The molecule has 4 nitrogen and oxygen atoms in total. The molecule has 2 N–H and O–H groups in total. The van der Waals surface area contributed by atoms with Gasteiger partial charge in [-0.2, -0.15) is 0 Å². The topological polar surface area (TPSA) is 52.6 Å². The first-order valence-corrected chi connectivity index (χ1v) is 4.90. The Balaban J connectivity index is 2.43. The number of phenolic OH excluding ortho intramolecular Hbond substituents is 1. The monoisotopic (exact) mass is 208 g/mol. The smallest absolute Gasteiger partial charge is 0.317 e. The molecular weight excluding hydrogens is 192 g/mol. The zero-order valence-electron chi connectivity index (χ0n) is 9.03. The zero-order valence-corrected chi connectivity index (χ0v) is 9.03. The van der Waals surface area contributed by atoms with Gasteiger partial charge in [-0.25, -0.2) is 4.79 Å². The number of carbonyl (C=O) groups is 1. The Hall–Kier alpha value is -1.71. The van der Waals surface area contributed by atoms with Crippen LogP contribution in [0.2, 0.25) is 0 Å². The summed E-state index contributed by atoms with van der Waals surface area (Å²) in [6.45, 7) is 3.07. The van der Waals surface area contributed by atoms with Gasteiger partial charge in [-0.15, -0.1) is 0 Å². The molecule has 4 heteroatoms. The Bertz CT molecular complexity index is 322. The van der Waals surface area contributed by atoms with Crippen LogP contribution in [0.3, 0.4) is 0 Å². The Morgan fingerprint density at radius 1 is 1.40 bits per heavy atom. The number of benzene rings is 1. The fourth-order valence-corrected chi connectivity index (χ4v) is 1.07. The second-order valence-electron chi connectivity index (χ2n) is 3.34. The zero-order chi connectivity index (χ0) is 11.3. The summed E-state index contributed by atoms with van der Waals surface area (Å²) in [4.78, 5) is 13.0. The summed E-state index contributed by atoms with van der Waals surface area (Å²) in [5.41, 5.74) is 0.964. The largest absolute Gasteiger partial charge is 0.508 e. The molecule has 1 aromatic carbocycles. The lowest BCUT2D eigenvalue weighted by Crippen LogP contribution is -2.36. The lowest BCUT2D eigenvalue weighted by molar-refractivity contribution is 0.210. The van der Waals surface area contributed by atoms with Gasteiger partial charge in [-0.1, -0.05) is 12.1 Å². The number of rotatable bonds is 3. The number of hydrogen-bond acceptors (Lipinski definition) is 2. The van der Waals surface area contributed by atoms with Crippen LogP contribution in [0.25, 0.3) is 0 Å². The van der Waals surface area contributed by atoms with Crippen LogP contribution in [-0.2, 0) is 6.54 Å². The molecular formula is C11H16N2O2. The van der Waals surface area contributed by atoms with Gasteiger partial charge in [0.15, 0.2) is 0 Å². The predicted molar refractivity (Wildman–Crippen MR) is 58.6 cm³/mol. The molecule has 0 radical (unpaired) electrons. The van der Waals surface area contributed by atoms with Crippen molar-refractivity contribution in [3.63, 3.8) is 0 Å². The van der Waals surface area contributed by atoms with Gasteiger partial charge in [0.05, 0.1) is 0 Å². The van der Waals surface area contributed by atoms with E-state index in [4.69, 9.17) is 5.11 Å². The van der Waals surface area contributed by atoms with E-state index < -0.39 is 0 Å². The van der Waals surface area contributed by atoms with Crippen molar-refractivity contribution in [1.29, 1.82) is 0 Å². The number of carbonyl (C=O) groups excluding carboxylic acids is 1. The fraction of sp³-hybridized carbons (Fsp3) is 0.364. The molecule has 0 fully saturated rings. The van der Waals surface area contributed by atoms with Gasteiger partial charge in [-0.3, -0.25) is 0 Å². The average molecular weight is 208 g/mol. The van der Waals surface area contributed by atoms with E-state index in [0.717, 1.165) is 5.56 Å². The molecule has 0 saturated carbocycles. The van der Waals surface area contributed by atoms with Crippen LogP contribution >= 0.6 is 0 Å². The normalized spacial score (nSPS) is 9.73. The van der Waals surface area contributed by atoms with Gasteiger partial charge >= 0.3 is 6.03 Å². The highest BCUT2D eigenvalue weighted by atomic mass is 16.3. The van der Waals surface area contributed by atoms with E-state index in [0.29, 0.717) is 13.1 Å². The minimum absolute atomic E-state index is 0.0921. The minimum Gasteiger partial charge on any atom is -0.508 e. The molecule has 0 heterocycles. The molecule has 0 aliphatic carbocycles. The molecule has 0 bridgehead atoms. The van der Waals surface area contributed by atoms with Crippen LogP contribution in [0.1, 0.15) is 12.5 Å². The van der Waals surface area contributed by atoms with Gasteiger partial charge in [0.1, 0.15) is 5.75 Å². The van der Waals surface area contributed by atoms with Crippen molar-refractivity contribution in [3.05, 3.63) is 29.8 Å². The third-order valence-electron chi connectivity index (χ3n) is 2.20. The lowest BCUT2D eigenvalue weighted by Gasteiger charge is -2.15. The minimum atomic E-state index is -0.0921. The van der Waals surface area contributed by atoms with E-state index in [9.17, 15) is 4.79 Å². The van der Waals surface area contributed by atoms with Crippen molar-refractivity contribution in [3.8, 4) is 5.75 Å². The summed E-state index contributed by atoms with van der Waals surface area (Å²) in [5.74, 6) is 0.232. The van der Waals surface area contributed by atoms with Crippen molar-refractivity contribution in [2.45, 2.75) is 13.5 Å². The molecule has 1 rings (SSSR count). The summed E-state index contributed by atoms with van der Waals surface area (Å²) < 4.78 is 0. The Morgan fingerprint density at radius 2 is 2.00 bits per heavy atom. The van der Waals surface area contributed by atoms with Gasteiger partial charge in [-0.05, 0) is 24.6 Å². The third-order valence-corrected chi connectivity index (χ3v) is 2.20. The molecule has 1 aromatic rings. The first kappa shape index (κ1) is 11.4. The number of hydrogen-bond donors (Lipinski definition) is 2. The summed E-state index contributed by atoms with van der Waals surface area (Å²) in [7, 11) is 1.74. The number of urea groups is 1. The highest BCUT2D eigenvalue weighted by molar-refractivity contribution is 5.73. The van der Waals surface area contributed by atoms with E-state index in [-0.39, 0.29) is 11.8 Å². The van der Waals surface area contributed by atoms with E-state index in [1.54, 1.807) is 36.2 Å². The van der Waals surface area contributed by atoms with Crippen LogP contribution < -0.4 is 5.32 Å². The van der Waals surface area contributed by atoms with Gasteiger partial charge in [0.2, 0.25) is 0 Å². The lowest BCUT2D eigenvalue weighted by atomic mass is 10.2. The maximum Gasteiger partial charge on any atom is 0.317 e. The summed E-state index contributed by atoms with van der Waals surface area (Å²) in [6.07, 6.45) is 0. The van der Waals surface area contributed by atoms with E-state index in [2.05, 4.69) is 5.32 Å².